The molecule has 2 rings (SSSR count). The highest BCUT2D eigenvalue weighted by atomic mass is 16.1. The van der Waals surface area contributed by atoms with E-state index in [-0.39, 0.29) is 5.91 Å². The van der Waals surface area contributed by atoms with E-state index in [9.17, 15) is 4.79 Å². The Kier molecular flexibility index (Phi) is 5.69. The Balaban J connectivity index is 1.77. The number of nitrogens with one attached hydrogen (secondary N) is 2. The van der Waals surface area contributed by atoms with Crippen molar-refractivity contribution in [3.8, 4) is 0 Å². The zero-order valence-corrected chi connectivity index (χ0v) is 12.1. The minimum atomic E-state index is -0.201. The predicted octanol–water partition coefficient (Wildman–Crippen LogP) is 1.32. The fourth-order valence-electron chi connectivity index (χ4n) is 1.79. The van der Waals surface area contributed by atoms with Crippen LogP contribution in [0.15, 0.2) is 31.1 Å². The molecule has 2 aromatic rings. The van der Waals surface area contributed by atoms with Crippen molar-refractivity contribution in [1.82, 2.24) is 24.8 Å². The molecule has 0 bridgehead atoms. The van der Waals surface area contributed by atoms with E-state index in [1.807, 2.05) is 10.8 Å². The van der Waals surface area contributed by atoms with Crippen LogP contribution in [0.4, 0.5) is 5.82 Å². The van der Waals surface area contributed by atoms with Crippen LogP contribution in [-0.4, -0.2) is 38.5 Å². The van der Waals surface area contributed by atoms with E-state index < -0.39 is 0 Å². The Labute approximate surface area is 123 Å². The van der Waals surface area contributed by atoms with Gasteiger partial charge >= 0.3 is 0 Å². The monoisotopic (exact) mass is 288 g/mol. The van der Waals surface area contributed by atoms with Crippen LogP contribution in [0.1, 0.15) is 30.3 Å². The average molecular weight is 288 g/mol. The Hall–Kier alpha value is -2.44. The lowest BCUT2D eigenvalue weighted by Gasteiger charge is -2.07. The molecule has 21 heavy (non-hydrogen) atoms. The second-order valence-corrected chi connectivity index (χ2v) is 4.63. The highest BCUT2D eigenvalue weighted by molar-refractivity contribution is 5.92. The highest BCUT2D eigenvalue weighted by Crippen LogP contribution is 2.02. The van der Waals surface area contributed by atoms with Gasteiger partial charge in [-0.05, 0) is 12.8 Å². The van der Waals surface area contributed by atoms with Crippen molar-refractivity contribution >= 4 is 11.7 Å². The molecule has 0 atom stereocenters. The number of carbonyl (C=O) groups excluding carboxylic acids is 1. The number of aromatic nitrogens is 4. The van der Waals surface area contributed by atoms with Gasteiger partial charge in [-0.2, -0.15) is 0 Å². The Morgan fingerprint density at radius 1 is 1.29 bits per heavy atom. The lowest BCUT2D eigenvalue weighted by molar-refractivity contribution is 0.0947. The molecule has 0 aliphatic carbocycles. The van der Waals surface area contributed by atoms with Crippen molar-refractivity contribution in [3.05, 3.63) is 36.8 Å². The van der Waals surface area contributed by atoms with Crippen LogP contribution in [0.2, 0.25) is 0 Å². The van der Waals surface area contributed by atoms with Crippen LogP contribution in [-0.2, 0) is 6.54 Å². The van der Waals surface area contributed by atoms with Crippen LogP contribution in [0.5, 0.6) is 0 Å². The topological polar surface area (TPSA) is 84.7 Å². The van der Waals surface area contributed by atoms with Gasteiger partial charge in [0.2, 0.25) is 0 Å². The summed E-state index contributed by atoms with van der Waals surface area (Å²) < 4.78 is 1.97. The Morgan fingerprint density at radius 3 is 2.95 bits per heavy atom. The number of anilines is 1. The smallest absolute Gasteiger partial charge is 0.271 e. The molecular formula is C14H20N6O. The fraction of sp³-hybridized carbons (Fsp3) is 0.429. The number of aryl methyl sites for hydroxylation is 1. The standard InChI is InChI=1S/C14H20N6O/c1-2-4-17-13-10-16-9-12(19-13)14(21)18-5-3-7-20-8-6-15-11-20/h6,8-11H,2-5,7H2,1H3,(H,17,19)(H,18,21). The average Bonchev–Trinajstić information content (AvgIpc) is 3.03. The summed E-state index contributed by atoms with van der Waals surface area (Å²) in [7, 11) is 0. The van der Waals surface area contributed by atoms with Gasteiger partial charge in [0.25, 0.3) is 5.91 Å². The van der Waals surface area contributed by atoms with E-state index in [1.54, 1.807) is 18.7 Å². The van der Waals surface area contributed by atoms with Crippen LogP contribution in [0.3, 0.4) is 0 Å². The van der Waals surface area contributed by atoms with Crippen molar-refractivity contribution in [1.29, 1.82) is 0 Å². The van der Waals surface area contributed by atoms with Crippen LogP contribution >= 0.6 is 0 Å². The molecule has 112 valence electrons. The number of imidazole rings is 1. The van der Waals surface area contributed by atoms with E-state index in [0.717, 1.165) is 25.9 Å². The van der Waals surface area contributed by atoms with Crippen molar-refractivity contribution in [2.45, 2.75) is 26.3 Å². The highest BCUT2D eigenvalue weighted by Gasteiger charge is 2.07. The molecular weight excluding hydrogens is 268 g/mol. The lowest BCUT2D eigenvalue weighted by Crippen LogP contribution is -2.26. The van der Waals surface area contributed by atoms with Crippen LogP contribution < -0.4 is 10.6 Å². The quantitative estimate of drug-likeness (QED) is 0.716. The molecule has 0 saturated carbocycles. The SMILES string of the molecule is CCCNc1cncc(C(=O)NCCCn2ccnc2)n1. The van der Waals surface area contributed by atoms with Gasteiger partial charge in [-0.1, -0.05) is 6.92 Å². The van der Waals surface area contributed by atoms with Crippen molar-refractivity contribution in [2.24, 2.45) is 0 Å². The molecule has 0 unspecified atom stereocenters. The van der Waals surface area contributed by atoms with Crippen LogP contribution in [0, 0.1) is 0 Å². The van der Waals surface area contributed by atoms with Gasteiger partial charge in [-0.15, -0.1) is 0 Å². The van der Waals surface area contributed by atoms with E-state index >= 15 is 0 Å². The molecule has 0 aliphatic heterocycles. The van der Waals surface area contributed by atoms with Crippen LogP contribution in [0.25, 0.3) is 0 Å². The minimum Gasteiger partial charge on any atom is -0.369 e. The first-order chi connectivity index (χ1) is 10.3. The molecule has 0 fully saturated rings. The summed E-state index contributed by atoms with van der Waals surface area (Å²) in [5, 5.41) is 5.95. The van der Waals surface area contributed by atoms with E-state index in [1.165, 1.54) is 6.20 Å². The maximum atomic E-state index is 12.0. The largest absolute Gasteiger partial charge is 0.369 e. The van der Waals surface area contributed by atoms with Gasteiger partial charge < -0.3 is 15.2 Å². The second kappa shape index (κ2) is 7.98. The van der Waals surface area contributed by atoms with Crippen molar-refractivity contribution in [2.75, 3.05) is 18.4 Å². The summed E-state index contributed by atoms with van der Waals surface area (Å²) in [5.41, 5.74) is 0.332. The number of hydrogen-bond acceptors (Lipinski definition) is 5. The molecule has 7 nitrogen and oxygen atoms in total. The Bertz CT molecular complexity index is 554. The van der Waals surface area contributed by atoms with Gasteiger partial charge in [0.1, 0.15) is 11.5 Å². The first-order valence-corrected chi connectivity index (χ1v) is 7.09. The van der Waals surface area contributed by atoms with E-state index in [4.69, 9.17) is 0 Å². The Morgan fingerprint density at radius 2 is 2.19 bits per heavy atom. The molecule has 0 saturated heterocycles. The van der Waals surface area contributed by atoms with Gasteiger partial charge in [0, 0.05) is 32.0 Å². The molecule has 2 aromatic heterocycles. The van der Waals surface area contributed by atoms with Gasteiger partial charge in [0.05, 0.1) is 18.7 Å². The third kappa shape index (κ3) is 4.87. The summed E-state index contributed by atoms with van der Waals surface area (Å²) in [6.07, 6.45) is 10.3. The first kappa shape index (κ1) is 15.0. The third-order valence-corrected chi connectivity index (χ3v) is 2.86. The van der Waals surface area contributed by atoms with Gasteiger partial charge in [-0.3, -0.25) is 9.78 Å². The molecule has 7 heteroatoms. The maximum Gasteiger partial charge on any atom is 0.271 e. The summed E-state index contributed by atoms with van der Waals surface area (Å²) >= 11 is 0. The third-order valence-electron chi connectivity index (χ3n) is 2.86. The first-order valence-electron chi connectivity index (χ1n) is 7.09. The van der Waals surface area contributed by atoms with Crippen molar-refractivity contribution in [3.63, 3.8) is 0 Å². The fourth-order valence-corrected chi connectivity index (χ4v) is 1.79. The molecule has 2 N–H and O–H groups in total. The predicted molar refractivity (Wildman–Crippen MR) is 80.0 cm³/mol. The number of rotatable bonds is 8. The molecule has 2 heterocycles. The number of hydrogen-bond donors (Lipinski definition) is 2. The molecule has 0 aliphatic rings. The maximum absolute atomic E-state index is 12.0. The van der Waals surface area contributed by atoms with Crippen molar-refractivity contribution < 1.29 is 4.79 Å². The number of amides is 1. The minimum absolute atomic E-state index is 0.201. The van der Waals surface area contributed by atoms with Gasteiger partial charge in [0.15, 0.2) is 0 Å². The summed E-state index contributed by atoms with van der Waals surface area (Å²) in [6.45, 7) is 4.29. The lowest BCUT2D eigenvalue weighted by atomic mass is 10.3. The number of nitrogens with zero attached hydrogens (tertiary/aromatic N) is 4. The number of carbonyl (C=O) groups is 1. The summed E-state index contributed by atoms with van der Waals surface area (Å²) in [4.78, 5) is 24.2. The normalized spacial score (nSPS) is 10.3. The van der Waals surface area contributed by atoms with Gasteiger partial charge in [-0.25, -0.2) is 9.97 Å². The molecule has 0 radical (unpaired) electrons. The molecule has 0 aromatic carbocycles. The molecule has 0 spiro atoms. The zero-order valence-electron chi connectivity index (χ0n) is 12.1. The zero-order chi connectivity index (χ0) is 14.9. The summed E-state index contributed by atoms with van der Waals surface area (Å²) in [5.74, 6) is 0.427. The second-order valence-electron chi connectivity index (χ2n) is 4.63. The van der Waals surface area contributed by atoms with E-state index in [2.05, 4.69) is 32.5 Å². The molecule has 1 amide bonds. The van der Waals surface area contributed by atoms with E-state index in [0.29, 0.717) is 18.1 Å². The summed E-state index contributed by atoms with van der Waals surface area (Å²) in [6, 6.07) is 0.